The molecule has 0 unspecified atom stereocenters. The summed E-state index contributed by atoms with van der Waals surface area (Å²) in [5.74, 6) is 0.521. The third kappa shape index (κ3) is 5.62. The summed E-state index contributed by atoms with van der Waals surface area (Å²) in [6, 6.07) is 0. The number of hydrogen-bond acceptors (Lipinski definition) is 3. The molecule has 0 saturated carbocycles. The quantitative estimate of drug-likeness (QED) is 0.906. The number of carbonyl (C=O) groups excluding carboxylic acids is 1. The molecular formula is C16H26ClN3O. The van der Waals surface area contributed by atoms with Crippen molar-refractivity contribution in [1.29, 1.82) is 0 Å². The van der Waals surface area contributed by atoms with E-state index in [2.05, 4.69) is 36.1 Å². The van der Waals surface area contributed by atoms with Crippen LogP contribution in [-0.2, 0) is 0 Å². The molecular weight excluding hydrogens is 286 g/mol. The van der Waals surface area contributed by atoms with E-state index in [1.165, 1.54) is 6.20 Å². The zero-order valence-corrected chi connectivity index (χ0v) is 14.8. The Bertz CT molecular complexity index is 519. The zero-order valence-electron chi connectivity index (χ0n) is 14.0. The first-order valence-corrected chi connectivity index (χ1v) is 7.64. The Balaban J connectivity index is 2.96. The topological polar surface area (TPSA) is 54.9 Å². The highest BCUT2D eigenvalue weighted by atomic mass is 35.5. The smallest absolute Gasteiger partial charge is 0.271 e. The fourth-order valence-corrected chi connectivity index (χ4v) is 2.73. The molecule has 0 spiro atoms. The van der Waals surface area contributed by atoms with Gasteiger partial charge in [-0.15, -0.1) is 0 Å². The third-order valence-corrected chi connectivity index (χ3v) is 3.20. The Labute approximate surface area is 132 Å². The molecule has 1 aromatic heterocycles. The molecule has 118 valence electrons. The van der Waals surface area contributed by atoms with Gasteiger partial charge >= 0.3 is 0 Å². The standard InChI is InChI=1S/C16H26ClN3O/c1-10(2)13-18-8-11(17)12(19-13)14(21)20-16(6,7)9-15(3,4)5/h8,10H,9H2,1-7H3,(H,20,21). The maximum absolute atomic E-state index is 12.5. The Hall–Kier alpha value is -1.16. The minimum Gasteiger partial charge on any atom is -0.346 e. The number of rotatable bonds is 4. The van der Waals surface area contributed by atoms with Gasteiger partial charge in [-0.25, -0.2) is 9.97 Å². The first-order valence-electron chi connectivity index (χ1n) is 7.26. The molecule has 0 atom stereocenters. The molecule has 0 bridgehead atoms. The number of carbonyl (C=O) groups is 1. The van der Waals surface area contributed by atoms with Gasteiger partial charge in [0.15, 0.2) is 0 Å². The summed E-state index contributed by atoms with van der Waals surface area (Å²) < 4.78 is 0. The second-order valence-electron chi connectivity index (χ2n) is 7.65. The fourth-order valence-electron chi connectivity index (χ4n) is 2.55. The van der Waals surface area contributed by atoms with E-state index < -0.39 is 0 Å². The highest BCUT2D eigenvalue weighted by molar-refractivity contribution is 6.33. The minimum atomic E-state index is -0.332. The molecule has 0 aliphatic heterocycles. The first-order chi connectivity index (χ1) is 9.41. The lowest BCUT2D eigenvalue weighted by Crippen LogP contribution is -2.46. The van der Waals surface area contributed by atoms with Crippen LogP contribution >= 0.6 is 11.6 Å². The van der Waals surface area contributed by atoms with Crippen molar-refractivity contribution < 1.29 is 4.79 Å². The fraction of sp³-hybridized carbons (Fsp3) is 0.688. The van der Waals surface area contributed by atoms with Crippen LogP contribution < -0.4 is 5.32 Å². The van der Waals surface area contributed by atoms with Crippen molar-refractivity contribution in [3.8, 4) is 0 Å². The highest BCUT2D eigenvalue weighted by Crippen LogP contribution is 2.27. The monoisotopic (exact) mass is 311 g/mol. The summed E-state index contributed by atoms with van der Waals surface area (Å²) in [5.41, 5.74) is 0.0362. The summed E-state index contributed by atoms with van der Waals surface area (Å²) in [6.45, 7) is 14.4. The maximum atomic E-state index is 12.5. The minimum absolute atomic E-state index is 0.120. The Morgan fingerprint density at radius 2 is 1.86 bits per heavy atom. The van der Waals surface area contributed by atoms with Gasteiger partial charge in [0.05, 0.1) is 11.2 Å². The molecule has 1 N–H and O–H groups in total. The SMILES string of the molecule is CC(C)c1ncc(Cl)c(C(=O)NC(C)(C)CC(C)(C)C)n1. The van der Waals surface area contributed by atoms with E-state index in [4.69, 9.17) is 11.6 Å². The molecule has 1 aromatic rings. The Morgan fingerprint density at radius 1 is 1.29 bits per heavy atom. The van der Waals surface area contributed by atoms with Crippen LogP contribution in [0.5, 0.6) is 0 Å². The van der Waals surface area contributed by atoms with Gasteiger partial charge in [0.25, 0.3) is 5.91 Å². The van der Waals surface area contributed by atoms with Gasteiger partial charge in [-0.1, -0.05) is 46.2 Å². The third-order valence-electron chi connectivity index (χ3n) is 2.92. The van der Waals surface area contributed by atoms with E-state index in [-0.39, 0.29) is 33.5 Å². The van der Waals surface area contributed by atoms with E-state index >= 15 is 0 Å². The maximum Gasteiger partial charge on any atom is 0.271 e. The van der Waals surface area contributed by atoms with Crippen LogP contribution in [0.25, 0.3) is 0 Å². The van der Waals surface area contributed by atoms with Crippen molar-refractivity contribution in [3.05, 3.63) is 22.7 Å². The van der Waals surface area contributed by atoms with Crippen LogP contribution in [0.15, 0.2) is 6.20 Å². The molecule has 5 heteroatoms. The van der Waals surface area contributed by atoms with Gasteiger partial charge in [-0.3, -0.25) is 4.79 Å². The predicted octanol–water partition coefficient (Wildman–Crippen LogP) is 4.20. The summed E-state index contributed by atoms with van der Waals surface area (Å²) in [4.78, 5) is 20.9. The van der Waals surface area contributed by atoms with Crippen LogP contribution in [0.1, 0.15) is 77.1 Å². The van der Waals surface area contributed by atoms with Crippen molar-refractivity contribution in [1.82, 2.24) is 15.3 Å². The average molecular weight is 312 g/mol. The molecule has 0 aliphatic carbocycles. The Kier molecular flexibility index (Phi) is 5.37. The van der Waals surface area contributed by atoms with Crippen LogP contribution in [0.2, 0.25) is 5.02 Å². The molecule has 1 rings (SSSR count). The number of nitrogens with one attached hydrogen (secondary N) is 1. The number of halogens is 1. The molecule has 0 aliphatic rings. The molecule has 0 saturated heterocycles. The van der Waals surface area contributed by atoms with Crippen LogP contribution in [0.4, 0.5) is 0 Å². The molecule has 0 aromatic carbocycles. The van der Waals surface area contributed by atoms with Gasteiger partial charge in [-0.05, 0) is 25.7 Å². The lowest BCUT2D eigenvalue weighted by atomic mass is 9.82. The van der Waals surface area contributed by atoms with Gasteiger partial charge in [0.1, 0.15) is 11.5 Å². The van der Waals surface area contributed by atoms with Crippen molar-refractivity contribution in [3.63, 3.8) is 0 Å². The van der Waals surface area contributed by atoms with E-state index in [9.17, 15) is 4.79 Å². The van der Waals surface area contributed by atoms with Crippen LogP contribution in [0, 0.1) is 5.41 Å². The molecule has 0 radical (unpaired) electrons. The van der Waals surface area contributed by atoms with E-state index in [1.807, 2.05) is 27.7 Å². The largest absolute Gasteiger partial charge is 0.346 e. The van der Waals surface area contributed by atoms with Gasteiger partial charge in [0.2, 0.25) is 0 Å². The Morgan fingerprint density at radius 3 is 2.33 bits per heavy atom. The predicted molar refractivity (Wildman–Crippen MR) is 86.7 cm³/mol. The normalized spacial score (nSPS) is 12.6. The molecule has 21 heavy (non-hydrogen) atoms. The first kappa shape index (κ1) is 17.9. The van der Waals surface area contributed by atoms with E-state index in [0.29, 0.717) is 5.82 Å². The van der Waals surface area contributed by atoms with Crippen molar-refractivity contribution in [2.45, 2.75) is 66.3 Å². The van der Waals surface area contributed by atoms with Gasteiger partial charge in [-0.2, -0.15) is 0 Å². The van der Waals surface area contributed by atoms with Crippen LogP contribution in [0.3, 0.4) is 0 Å². The number of nitrogens with zero attached hydrogens (tertiary/aromatic N) is 2. The zero-order chi connectivity index (χ0) is 16.4. The molecule has 1 heterocycles. The summed E-state index contributed by atoms with van der Waals surface area (Å²) >= 11 is 6.07. The van der Waals surface area contributed by atoms with Crippen molar-refractivity contribution in [2.24, 2.45) is 5.41 Å². The van der Waals surface area contributed by atoms with Crippen molar-refractivity contribution >= 4 is 17.5 Å². The van der Waals surface area contributed by atoms with Crippen molar-refractivity contribution in [2.75, 3.05) is 0 Å². The molecule has 0 fully saturated rings. The summed E-state index contributed by atoms with van der Waals surface area (Å²) in [5, 5.41) is 3.30. The van der Waals surface area contributed by atoms with Crippen LogP contribution in [-0.4, -0.2) is 21.4 Å². The lowest BCUT2D eigenvalue weighted by Gasteiger charge is -2.33. The number of hydrogen-bond donors (Lipinski definition) is 1. The second kappa shape index (κ2) is 6.30. The van der Waals surface area contributed by atoms with Gasteiger partial charge < -0.3 is 5.32 Å². The average Bonchev–Trinajstić information content (AvgIpc) is 2.24. The molecule has 4 nitrogen and oxygen atoms in total. The number of aromatic nitrogens is 2. The van der Waals surface area contributed by atoms with Gasteiger partial charge in [0, 0.05) is 11.5 Å². The lowest BCUT2D eigenvalue weighted by molar-refractivity contribution is 0.0886. The second-order valence-corrected chi connectivity index (χ2v) is 8.06. The van der Waals surface area contributed by atoms with E-state index in [1.54, 1.807) is 0 Å². The highest BCUT2D eigenvalue weighted by Gasteiger charge is 2.28. The van der Waals surface area contributed by atoms with E-state index in [0.717, 1.165) is 6.42 Å². The number of amides is 1. The summed E-state index contributed by atoms with van der Waals surface area (Å²) in [7, 11) is 0. The molecule has 1 amide bonds. The summed E-state index contributed by atoms with van der Waals surface area (Å²) in [6.07, 6.45) is 2.35.